The summed E-state index contributed by atoms with van der Waals surface area (Å²) >= 11 is 0. The highest BCUT2D eigenvalue weighted by atomic mass is 32.3. The van der Waals surface area contributed by atoms with Crippen LogP contribution in [0.5, 0.6) is 5.75 Å². The summed E-state index contributed by atoms with van der Waals surface area (Å²) in [4.78, 5) is 0. The zero-order valence-corrected chi connectivity index (χ0v) is 10.2. The van der Waals surface area contributed by atoms with Gasteiger partial charge in [-0.3, -0.25) is 9.11 Å². The Bertz CT molecular complexity index is 431. The first-order chi connectivity index (χ1) is 8.17. The molecule has 0 bridgehead atoms. The molecule has 0 aliphatic carbocycles. The Morgan fingerprint density at radius 3 is 2.17 bits per heavy atom. The Balaban J connectivity index is 2.85. The largest absolute Gasteiger partial charge is 0.504 e. The van der Waals surface area contributed by atoms with Crippen LogP contribution in [0.3, 0.4) is 0 Å². The number of nitrogens with one attached hydrogen (secondary N) is 1. The van der Waals surface area contributed by atoms with E-state index in [4.69, 9.17) is 14.5 Å². The van der Waals surface area contributed by atoms with Crippen molar-refractivity contribution in [2.24, 2.45) is 0 Å². The van der Waals surface area contributed by atoms with Gasteiger partial charge in [-0.2, -0.15) is 13.2 Å². The molecule has 0 spiro atoms. The predicted molar refractivity (Wildman–Crippen MR) is 63.1 cm³/mol. The molecular formula is C10H12F3NO3S. The third-order valence-corrected chi connectivity index (χ3v) is 3.10. The lowest BCUT2D eigenvalue weighted by Gasteiger charge is -2.28. The molecule has 0 aromatic heterocycles. The molecule has 18 heavy (non-hydrogen) atoms. The highest BCUT2D eigenvalue weighted by Gasteiger charge is 2.52. The number of rotatable bonds is 4. The van der Waals surface area contributed by atoms with E-state index in [2.05, 4.69) is 4.18 Å². The molecule has 8 heteroatoms. The summed E-state index contributed by atoms with van der Waals surface area (Å²) in [6, 6.07) is 5.07. The van der Waals surface area contributed by atoms with E-state index in [9.17, 15) is 13.2 Å². The fraction of sp³-hybridized carbons (Fsp3) is 0.300. The Hall–Kier alpha value is -1.25. The van der Waals surface area contributed by atoms with E-state index in [1.165, 1.54) is 12.1 Å². The molecule has 4 nitrogen and oxygen atoms in total. The molecule has 0 aliphatic heterocycles. The average Bonchev–Trinajstić information content (AvgIpc) is 2.27. The van der Waals surface area contributed by atoms with Crippen LogP contribution in [0, 0.1) is 5.41 Å². The molecule has 0 unspecified atom stereocenters. The summed E-state index contributed by atoms with van der Waals surface area (Å²) in [6.07, 6.45) is 0.484. The van der Waals surface area contributed by atoms with E-state index < -0.39 is 16.4 Å². The molecule has 1 aromatic carbocycles. The van der Waals surface area contributed by atoms with Crippen molar-refractivity contribution in [2.45, 2.75) is 18.9 Å². The van der Waals surface area contributed by atoms with Crippen LogP contribution in [0.4, 0.5) is 13.2 Å². The Morgan fingerprint density at radius 2 is 1.78 bits per heavy atom. The lowest BCUT2D eigenvalue weighted by molar-refractivity contribution is -0.0612. The van der Waals surface area contributed by atoms with Gasteiger partial charge in [-0.15, -0.1) is 0 Å². The van der Waals surface area contributed by atoms with Crippen molar-refractivity contribution >= 4 is 16.6 Å². The third kappa shape index (κ3) is 3.37. The first-order valence-electron chi connectivity index (χ1n) is 4.89. The smallest absolute Gasteiger partial charge is 0.397 e. The quantitative estimate of drug-likeness (QED) is 0.730. The minimum absolute atomic E-state index is 0.319. The van der Waals surface area contributed by atoms with Gasteiger partial charge in [-0.25, -0.2) is 0 Å². The van der Waals surface area contributed by atoms with Crippen molar-refractivity contribution in [3.63, 3.8) is 0 Å². The Morgan fingerprint density at radius 1 is 1.28 bits per heavy atom. The minimum Gasteiger partial charge on any atom is -0.397 e. The average molecular weight is 283 g/mol. The fourth-order valence-electron chi connectivity index (χ4n) is 1.10. The number of halogens is 3. The molecule has 1 rings (SSSR count). The van der Waals surface area contributed by atoms with Crippen LogP contribution in [0.25, 0.3) is 0 Å². The van der Waals surface area contributed by atoms with Crippen LogP contribution in [0.15, 0.2) is 24.3 Å². The standard InChI is InChI=1S/C10H12F3NO3S/c1-2-9(14)7-3-5-8(6-4-7)17-18(15,16)10(11,12)13/h3-6,14-16H,2H2,1H3. The predicted octanol–water partition coefficient (Wildman–Crippen LogP) is 4.03. The molecule has 0 saturated heterocycles. The zero-order valence-electron chi connectivity index (χ0n) is 9.36. The maximum Gasteiger partial charge on any atom is 0.504 e. The minimum atomic E-state index is -5.23. The highest BCUT2D eigenvalue weighted by Crippen LogP contribution is 2.55. The number of alkyl halides is 3. The van der Waals surface area contributed by atoms with E-state index in [0.717, 1.165) is 12.1 Å². The van der Waals surface area contributed by atoms with Crippen LogP contribution >= 0.6 is 10.9 Å². The summed E-state index contributed by atoms with van der Waals surface area (Å²) in [5, 5.41) is 7.51. The molecule has 0 aliphatic rings. The summed E-state index contributed by atoms with van der Waals surface area (Å²) in [5.41, 5.74) is -4.38. The van der Waals surface area contributed by atoms with Gasteiger partial charge in [0.1, 0.15) is 5.75 Å². The molecular weight excluding hydrogens is 271 g/mol. The van der Waals surface area contributed by atoms with Gasteiger partial charge in [0.05, 0.1) is 0 Å². The molecule has 3 N–H and O–H groups in total. The molecule has 0 amide bonds. The van der Waals surface area contributed by atoms with Gasteiger partial charge in [-0.1, -0.05) is 6.92 Å². The summed E-state index contributed by atoms with van der Waals surface area (Å²) in [5.74, 6) is -0.319. The summed E-state index contributed by atoms with van der Waals surface area (Å²) in [7, 11) is -5.14. The number of benzene rings is 1. The second-order valence-corrected chi connectivity index (χ2v) is 5.01. The zero-order chi connectivity index (χ0) is 14.0. The molecule has 0 saturated carbocycles. The van der Waals surface area contributed by atoms with Gasteiger partial charge in [0, 0.05) is 5.71 Å². The van der Waals surface area contributed by atoms with Crippen LogP contribution in [-0.4, -0.2) is 20.3 Å². The van der Waals surface area contributed by atoms with Gasteiger partial charge in [0.15, 0.2) is 0 Å². The van der Waals surface area contributed by atoms with E-state index in [1.807, 2.05) is 0 Å². The third-order valence-electron chi connectivity index (χ3n) is 2.07. The van der Waals surface area contributed by atoms with Crippen molar-refractivity contribution < 1.29 is 26.5 Å². The van der Waals surface area contributed by atoms with E-state index in [-0.39, 0.29) is 5.75 Å². The van der Waals surface area contributed by atoms with E-state index in [1.54, 1.807) is 6.92 Å². The maximum absolute atomic E-state index is 12.2. The van der Waals surface area contributed by atoms with Crippen LogP contribution in [0.2, 0.25) is 0 Å². The normalized spacial score (nSPS) is 13.2. The second kappa shape index (κ2) is 5.17. The van der Waals surface area contributed by atoms with E-state index in [0.29, 0.717) is 17.7 Å². The number of hydrogen-bond acceptors (Lipinski definition) is 4. The summed E-state index contributed by atoms with van der Waals surface area (Å²) < 4.78 is 58.2. The fourth-order valence-corrected chi connectivity index (χ4v) is 1.57. The van der Waals surface area contributed by atoms with Gasteiger partial charge < -0.3 is 9.59 Å². The SMILES string of the molecule is CCC(=N)c1ccc(OS(O)(O)C(F)(F)F)cc1. The Labute approximate surface area is 103 Å². The van der Waals surface area contributed by atoms with Gasteiger partial charge >= 0.3 is 5.51 Å². The van der Waals surface area contributed by atoms with Crippen molar-refractivity contribution in [2.75, 3.05) is 0 Å². The lowest BCUT2D eigenvalue weighted by atomic mass is 10.1. The lowest BCUT2D eigenvalue weighted by Crippen LogP contribution is -2.23. The molecule has 102 valence electrons. The molecule has 0 fully saturated rings. The van der Waals surface area contributed by atoms with Crippen LogP contribution in [0.1, 0.15) is 18.9 Å². The van der Waals surface area contributed by atoms with Gasteiger partial charge in [0.2, 0.25) is 10.9 Å². The van der Waals surface area contributed by atoms with Crippen molar-refractivity contribution in [3.05, 3.63) is 29.8 Å². The molecule has 0 atom stereocenters. The molecule has 0 radical (unpaired) electrons. The Kier molecular flexibility index (Phi) is 4.25. The van der Waals surface area contributed by atoms with E-state index >= 15 is 0 Å². The first kappa shape index (κ1) is 14.8. The van der Waals surface area contributed by atoms with Gasteiger partial charge in [0.25, 0.3) is 0 Å². The van der Waals surface area contributed by atoms with Crippen LogP contribution in [-0.2, 0) is 0 Å². The molecule has 0 heterocycles. The first-order valence-corrected chi connectivity index (χ1v) is 6.36. The number of hydrogen-bond donors (Lipinski definition) is 3. The van der Waals surface area contributed by atoms with Crippen molar-refractivity contribution in [1.29, 1.82) is 5.41 Å². The van der Waals surface area contributed by atoms with Crippen molar-refractivity contribution in [3.8, 4) is 5.75 Å². The second-order valence-electron chi connectivity index (χ2n) is 3.38. The van der Waals surface area contributed by atoms with Crippen LogP contribution < -0.4 is 4.18 Å². The molecule has 1 aromatic rings. The van der Waals surface area contributed by atoms with Crippen molar-refractivity contribution in [1.82, 2.24) is 0 Å². The maximum atomic E-state index is 12.2. The topological polar surface area (TPSA) is 73.5 Å². The van der Waals surface area contributed by atoms with Gasteiger partial charge in [-0.05, 0) is 36.2 Å². The summed E-state index contributed by atoms with van der Waals surface area (Å²) in [6.45, 7) is 1.77. The highest BCUT2D eigenvalue weighted by molar-refractivity contribution is 8.21. The monoisotopic (exact) mass is 283 g/mol.